The van der Waals surface area contributed by atoms with Crippen molar-refractivity contribution >= 4 is 0 Å². The van der Waals surface area contributed by atoms with Crippen LogP contribution in [0.2, 0.25) is 0 Å². The van der Waals surface area contributed by atoms with Gasteiger partial charge in [-0.1, -0.05) is 19.3 Å². The second-order valence-electron chi connectivity index (χ2n) is 4.35. The molecule has 2 N–H and O–H groups in total. The molecule has 1 saturated carbocycles. The molecule has 1 aliphatic rings. The van der Waals surface area contributed by atoms with Gasteiger partial charge in [0.25, 0.3) is 0 Å². The fraction of sp³-hybridized carbons (Fsp3) is 1.00. The maximum atomic E-state index is 11.7. The van der Waals surface area contributed by atoms with Gasteiger partial charge in [0.15, 0.2) is 0 Å². The highest BCUT2D eigenvalue weighted by atomic mass is 19.4. The largest absolute Gasteiger partial charge is 0.411 e. The minimum atomic E-state index is -4.30. The average Bonchev–Trinajstić information content (AvgIpc) is 2.16. The molecule has 0 aromatic rings. The Hall–Kier alpha value is -0.330. The van der Waals surface area contributed by atoms with E-state index in [4.69, 9.17) is 10.5 Å². The lowest BCUT2D eigenvalue weighted by Crippen LogP contribution is -2.46. The monoisotopic (exact) mass is 241 g/mol. The van der Waals surface area contributed by atoms with Crippen LogP contribution in [0, 0.1) is 0 Å². The molecule has 1 aliphatic carbocycles. The number of rotatable bonds is 5. The standard InChI is InChI=1S/C10H18F3NO2/c11-10(12,13)7-16-8-15-6-9(14)4-2-1-3-5-9/h1-8,14H2. The Morgan fingerprint density at radius 3 is 2.25 bits per heavy atom. The first-order valence-electron chi connectivity index (χ1n) is 5.42. The van der Waals surface area contributed by atoms with Crippen LogP contribution in [0.15, 0.2) is 0 Å². The molecule has 0 aliphatic heterocycles. The van der Waals surface area contributed by atoms with Crippen LogP contribution in [-0.2, 0) is 9.47 Å². The van der Waals surface area contributed by atoms with Crippen molar-refractivity contribution in [1.82, 2.24) is 0 Å². The highest BCUT2D eigenvalue weighted by molar-refractivity contribution is 4.86. The van der Waals surface area contributed by atoms with Gasteiger partial charge in [0.2, 0.25) is 0 Å². The van der Waals surface area contributed by atoms with Gasteiger partial charge < -0.3 is 15.2 Å². The number of alkyl halides is 3. The maximum Gasteiger partial charge on any atom is 0.411 e. The molecule has 16 heavy (non-hydrogen) atoms. The Bertz CT molecular complexity index is 203. The topological polar surface area (TPSA) is 44.5 Å². The zero-order chi connectivity index (χ0) is 12.1. The van der Waals surface area contributed by atoms with Gasteiger partial charge >= 0.3 is 6.18 Å². The zero-order valence-corrected chi connectivity index (χ0v) is 9.18. The number of hydrogen-bond donors (Lipinski definition) is 1. The van der Waals surface area contributed by atoms with Crippen molar-refractivity contribution in [3.05, 3.63) is 0 Å². The highest BCUT2D eigenvalue weighted by Gasteiger charge is 2.29. The van der Waals surface area contributed by atoms with Gasteiger partial charge in [-0.3, -0.25) is 0 Å². The molecular formula is C10H18F3NO2. The Kier molecular flexibility index (Phi) is 5.01. The van der Waals surface area contributed by atoms with Crippen molar-refractivity contribution in [2.75, 3.05) is 20.0 Å². The first kappa shape index (κ1) is 13.7. The third kappa shape index (κ3) is 5.67. The van der Waals surface area contributed by atoms with Crippen LogP contribution in [0.3, 0.4) is 0 Å². The molecule has 0 amide bonds. The van der Waals surface area contributed by atoms with E-state index in [1.54, 1.807) is 0 Å². The summed E-state index contributed by atoms with van der Waals surface area (Å²) in [6, 6.07) is 0. The van der Waals surface area contributed by atoms with Gasteiger partial charge in [0, 0.05) is 5.54 Å². The first-order chi connectivity index (χ1) is 7.41. The fourth-order valence-corrected chi connectivity index (χ4v) is 1.86. The summed E-state index contributed by atoms with van der Waals surface area (Å²) >= 11 is 0. The van der Waals surface area contributed by atoms with E-state index in [2.05, 4.69) is 4.74 Å². The summed E-state index contributed by atoms with van der Waals surface area (Å²) in [6.07, 6.45) is 0.725. The SMILES string of the molecule is NC1(COCOCC(F)(F)F)CCCCC1. The number of nitrogens with two attached hydrogens (primary N) is 1. The quantitative estimate of drug-likeness (QED) is 0.593. The molecule has 0 aromatic heterocycles. The van der Waals surface area contributed by atoms with Gasteiger partial charge in [0.05, 0.1) is 6.61 Å². The van der Waals surface area contributed by atoms with Crippen LogP contribution in [-0.4, -0.2) is 31.7 Å². The highest BCUT2D eigenvalue weighted by Crippen LogP contribution is 2.26. The minimum Gasteiger partial charge on any atom is -0.354 e. The smallest absolute Gasteiger partial charge is 0.354 e. The van der Waals surface area contributed by atoms with E-state index in [0.29, 0.717) is 0 Å². The predicted octanol–water partition coefficient (Wildman–Crippen LogP) is 2.20. The Morgan fingerprint density at radius 2 is 1.69 bits per heavy atom. The van der Waals surface area contributed by atoms with Crippen LogP contribution < -0.4 is 5.73 Å². The van der Waals surface area contributed by atoms with E-state index in [0.717, 1.165) is 25.7 Å². The van der Waals surface area contributed by atoms with Crippen molar-refractivity contribution in [2.45, 2.75) is 43.8 Å². The Labute approximate surface area is 93.1 Å². The maximum absolute atomic E-state index is 11.7. The molecule has 0 heterocycles. The van der Waals surface area contributed by atoms with Gasteiger partial charge in [-0.2, -0.15) is 13.2 Å². The van der Waals surface area contributed by atoms with Crippen LogP contribution in [0.5, 0.6) is 0 Å². The van der Waals surface area contributed by atoms with E-state index in [1.807, 2.05) is 0 Å². The van der Waals surface area contributed by atoms with Crippen LogP contribution in [0.1, 0.15) is 32.1 Å². The lowest BCUT2D eigenvalue weighted by atomic mass is 9.83. The van der Waals surface area contributed by atoms with Crippen LogP contribution in [0.25, 0.3) is 0 Å². The molecule has 3 nitrogen and oxygen atoms in total. The van der Waals surface area contributed by atoms with Crippen LogP contribution in [0.4, 0.5) is 13.2 Å². The predicted molar refractivity (Wildman–Crippen MR) is 52.8 cm³/mol. The normalized spacial score (nSPS) is 21.0. The molecule has 96 valence electrons. The first-order valence-corrected chi connectivity index (χ1v) is 5.42. The molecule has 0 aromatic carbocycles. The third-order valence-corrected chi connectivity index (χ3v) is 2.67. The minimum absolute atomic E-state index is 0.269. The van der Waals surface area contributed by atoms with E-state index < -0.39 is 12.8 Å². The summed E-state index contributed by atoms with van der Waals surface area (Å²) < 4.78 is 44.5. The molecular weight excluding hydrogens is 223 g/mol. The molecule has 0 unspecified atom stereocenters. The van der Waals surface area contributed by atoms with E-state index in [9.17, 15) is 13.2 Å². The van der Waals surface area contributed by atoms with Crippen molar-refractivity contribution in [3.63, 3.8) is 0 Å². The summed E-state index contributed by atoms with van der Waals surface area (Å²) in [5, 5.41) is 0. The van der Waals surface area contributed by atoms with E-state index >= 15 is 0 Å². The second kappa shape index (κ2) is 5.84. The Balaban J connectivity index is 2.06. The molecule has 0 atom stereocenters. The summed E-state index contributed by atoms with van der Waals surface area (Å²) in [5.41, 5.74) is 5.65. The van der Waals surface area contributed by atoms with Gasteiger partial charge in [-0.15, -0.1) is 0 Å². The third-order valence-electron chi connectivity index (χ3n) is 2.67. The van der Waals surface area contributed by atoms with Crippen molar-refractivity contribution in [2.24, 2.45) is 5.73 Å². The molecule has 1 fully saturated rings. The average molecular weight is 241 g/mol. The van der Waals surface area contributed by atoms with E-state index in [-0.39, 0.29) is 18.9 Å². The molecule has 0 radical (unpaired) electrons. The summed E-state index contributed by atoms with van der Waals surface area (Å²) in [7, 11) is 0. The van der Waals surface area contributed by atoms with Crippen molar-refractivity contribution in [1.29, 1.82) is 0 Å². The lowest BCUT2D eigenvalue weighted by Gasteiger charge is -2.32. The summed E-state index contributed by atoms with van der Waals surface area (Å²) in [4.78, 5) is 0. The van der Waals surface area contributed by atoms with Gasteiger partial charge in [-0.05, 0) is 12.8 Å². The fourth-order valence-electron chi connectivity index (χ4n) is 1.86. The second-order valence-corrected chi connectivity index (χ2v) is 4.35. The summed E-state index contributed by atoms with van der Waals surface area (Å²) in [5.74, 6) is 0. The van der Waals surface area contributed by atoms with E-state index in [1.165, 1.54) is 6.42 Å². The number of hydrogen-bond acceptors (Lipinski definition) is 3. The molecule has 1 rings (SSSR count). The van der Waals surface area contributed by atoms with Gasteiger partial charge in [-0.25, -0.2) is 0 Å². The van der Waals surface area contributed by atoms with Gasteiger partial charge in [0.1, 0.15) is 13.4 Å². The van der Waals surface area contributed by atoms with Crippen molar-refractivity contribution < 1.29 is 22.6 Å². The van der Waals surface area contributed by atoms with Crippen molar-refractivity contribution in [3.8, 4) is 0 Å². The number of halogens is 3. The Morgan fingerprint density at radius 1 is 1.06 bits per heavy atom. The lowest BCUT2D eigenvalue weighted by molar-refractivity contribution is -0.198. The zero-order valence-electron chi connectivity index (χ0n) is 9.18. The number of ether oxygens (including phenoxy) is 2. The molecule has 6 heteroatoms. The molecule has 0 saturated heterocycles. The molecule has 0 spiro atoms. The summed E-state index contributed by atoms with van der Waals surface area (Å²) in [6.45, 7) is -1.35. The molecule has 0 bridgehead atoms. The van der Waals surface area contributed by atoms with Crippen LogP contribution >= 0.6 is 0 Å².